The van der Waals surface area contributed by atoms with Crippen LogP contribution in [0.5, 0.6) is 5.75 Å². The number of carbonyl (C=O) groups excluding carboxylic acids is 1. The predicted molar refractivity (Wildman–Crippen MR) is 89.4 cm³/mol. The fourth-order valence-electron chi connectivity index (χ4n) is 2.52. The molecule has 0 saturated heterocycles. The van der Waals surface area contributed by atoms with Crippen molar-refractivity contribution in [3.05, 3.63) is 60.2 Å². The molecule has 0 spiro atoms. The molecule has 3 rings (SSSR count). The van der Waals surface area contributed by atoms with Crippen LogP contribution < -0.4 is 4.74 Å². The van der Waals surface area contributed by atoms with Crippen LogP contribution in [0.1, 0.15) is 22.6 Å². The molecule has 0 radical (unpaired) electrons. The van der Waals surface area contributed by atoms with Gasteiger partial charge in [-0.15, -0.1) is 0 Å². The van der Waals surface area contributed by atoms with E-state index in [2.05, 4.69) is 10.2 Å². The third kappa shape index (κ3) is 3.56. The lowest BCUT2D eigenvalue weighted by Gasteiger charge is -2.16. The van der Waals surface area contributed by atoms with Gasteiger partial charge in [-0.2, -0.15) is 23.7 Å². The molecule has 0 N–H and O–H groups in total. The fourth-order valence-corrected chi connectivity index (χ4v) is 2.52. The van der Waals surface area contributed by atoms with Crippen molar-refractivity contribution in [3.8, 4) is 11.4 Å². The molecule has 136 valence electrons. The highest BCUT2D eigenvalue weighted by molar-refractivity contribution is 5.92. The van der Waals surface area contributed by atoms with Crippen LogP contribution in [0.25, 0.3) is 5.69 Å². The second kappa shape index (κ2) is 7.34. The Kier molecular flexibility index (Phi) is 4.97. The number of aromatic nitrogens is 4. The van der Waals surface area contributed by atoms with E-state index in [1.54, 1.807) is 24.2 Å². The van der Waals surface area contributed by atoms with Crippen molar-refractivity contribution in [2.45, 2.75) is 13.1 Å². The van der Waals surface area contributed by atoms with E-state index in [4.69, 9.17) is 4.74 Å². The summed E-state index contributed by atoms with van der Waals surface area (Å²) in [5.74, 6) is 0.157. The van der Waals surface area contributed by atoms with E-state index in [1.807, 2.05) is 24.3 Å². The first-order chi connectivity index (χ1) is 12.5. The largest absolute Gasteiger partial charge is 0.497 e. The first-order valence-corrected chi connectivity index (χ1v) is 7.74. The van der Waals surface area contributed by atoms with Crippen LogP contribution in [-0.4, -0.2) is 44.5 Å². The zero-order valence-electron chi connectivity index (χ0n) is 14.2. The van der Waals surface area contributed by atoms with Gasteiger partial charge in [0.15, 0.2) is 0 Å². The molecule has 9 heteroatoms. The number of rotatable bonds is 6. The summed E-state index contributed by atoms with van der Waals surface area (Å²) >= 11 is 0. The molecule has 26 heavy (non-hydrogen) atoms. The molecule has 0 bridgehead atoms. The van der Waals surface area contributed by atoms with Crippen LogP contribution in [-0.2, 0) is 6.54 Å². The van der Waals surface area contributed by atoms with Crippen LogP contribution in [0.3, 0.4) is 0 Å². The van der Waals surface area contributed by atoms with Gasteiger partial charge in [-0.25, -0.2) is 4.68 Å². The number of alkyl halides is 2. The van der Waals surface area contributed by atoms with Crippen LogP contribution in [0.15, 0.2) is 48.9 Å². The first kappa shape index (κ1) is 17.6. The van der Waals surface area contributed by atoms with E-state index in [-0.39, 0.29) is 12.2 Å². The summed E-state index contributed by atoms with van der Waals surface area (Å²) in [6, 6.07) is 8.63. The summed E-state index contributed by atoms with van der Waals surface area (Å²) in [7, 11) is 3.12. The first-order valence-electron chi connectivity index (χ1n) is 7.74. The van der Waals surface area contributed by atoms with Crippen LogP contribution in [0.2, 0.25) is 0 Å². The number of amides is 1. The Morgan fingerprint density at radius 3 is 2.85 bits per heavy atom. The van der Waals surface area contributed by atoms with Crippen LogP contribution >= 0.6 is 0 Å². The highest BCUT2D eigenvalue weighted by atomic mass is 19.3. The number of benzene rings is 1. The highest BCUT2D eigenvalue weighted by Crippen LogP contribution is 2.18. The summed E-state index contributed by atoms with van der Waals surface area (Å²) < 4.78 is 33.0. The van der Waals surface area contributed by atoms with Crippen molar-refractivity contribution in [2.24, 2.45) is 0 Å². The van der Waals surface area contributed by atoms with E-state index in [0.29, 0.717) is 10.4 Å². The second-order valence-electron chi connectivity index (χ2n) is 5.59. The lowest BCUT2D eigenvalue weighted by molar-refractivity contribution is 0.0472. The molecule has 0 unspecified atom stereocenters. The van der Waals surface area contributed by atoms with Gasteiger partial charge in [0.25, 0.3) is 5.91 Å². The van der Waals surface area contributed by atoms with E-state index < -0.39 is 12.5 Å². The van der Waals surface area contributed by atoms with Crippen molar-refractivity contribution < 1.29 is 18.3 Å². The van der Waals surface area contributed by atoms with Gasteiger partial charge in [-0.1, -0.05) is 6.07 Å². The summed E-state index contributed by atoms with van der Waals surface area (Å²) in [6.07, 6.45) is 4.56. The van der Waals surface area contributed by atoms with Crippen molar-refractivity contribution >= 4 is 5.91 Å². The minimum absolute atomic E-state index is 0.164. The van der Waals surface area contributed by atoms with Gasteiger partial charge in [-0.3, -0.25) is 4.79 Å². The summed E-state index contributed by atoms with van der Waals surface area (Å²) in [4.78, 5) is 13.7. The van der Waals surface area contributed by atoms with Gasteiger partial charge in [0.05, 0.1) is 19.0 Å². The third-order valence-electron chi connectivity index (χ3n) is 3.79. The molecule has 3 aromatic rings. The molecule has 1 aromatic carbocycles. The number of hydrogen-bond donors (Lipinski definition) is 0. The molecule has 2 aromatic heterocycles. The molecule has 0 saturated carbocycles. The highest BCUT2D eigenvalue weighted by Gasteiger charge is 2.21. The Morgan fingerprint density at radius 2 is 2.12 bits per heavy atom. The molecule has 0 fully saturated rings. The van der Waals surface area contributed by atoms with Crippen molar-refractivity contribution in [1.82, 2.24) is 24.5 Å². The lowest BCUT2D eigenvalue weighted by Crippen LogP contribution is -2.28. The zero-order chi connectivity index (χ0) is 18.7. The Balaban J connectivity index is 1.74. The lowest BCUT2D eigenvalue weighted by atomic mass is 10.3. The summed E-state index contributed by atoms with van der Waals surface area (Å²) in [5.41, 5.74) is 1.40. The standard InChI is InChI=1S/C17H17F2N5O2/c1-22(16(25)15-6-7-20-24(15)17(18)19)10-12-9-21-23(11-12)13-4-3-5-14(8-13)26-2/h3-9,11,17H,10H2,1-2H3. The van der Waals surface area contributed by atoms with E-state index in [0.717, 1.165) is 11.3 Å². The van der Waals surface area contributed by atoms with Crippen molar-refractivity contribution in [2.75, 3.05) is 14.2 Å². The average molecular weight is 361 g/mol. The van der Waals surface area contributed by atoms with Crippen LogP contribution in [0, 0.1) is 0 Å². The molecular formula is C17H17F2N5O2. The number of hydrogen-bond acceptors (Lipinski definition) is 4. The second-order valence-corrected chi connectivity index (χ2v) is 5.59. The zero-order valence-corrected chi connectivity index (χ0v) is 14.2. The smallest absolute Gasteiger partial charge is 0.333 e. The number of halogens is 2. The minimum atomic E-state index is -2.87. The predicted octanol–water partition coefficient (Wildman–Crippen LogP) is 2.74. The van der Waals surface area contributed by atoms with Gasteiger partial charge in [0, 0.05) is 37.6 Å². The minimum Gasteiger partial charge on any atom is -0.497 e. The molecule has 0 atom stereocenters. The van der Waals surface area contributed by atoms with Gasteiger partial charge >= 0.3 is 6.55 Å². The van der Waals surface area contributed by atoms with Crippen LogP contribution in [0.4, 0.5) is 8.78 Å². The van der Waals surface area contributed by atoms with Crippen molar-refractivity contribution in [1.29, 1.82) is 0 Å². The fraction of sp³-hybridized carbons (Fsp3) is 0.235. The normalized spacial score (nSPS) is 11.0. The third-order valence-corrected chi connectivity index (χ3v) is 3.79. The molecule has 7 nitrogen and oxygen atoms in total. The quantitative estimate of drug-likeness (QED) is 0.677. The monoisotopic (exact) mass is 361 g/mol. The average Bonchev–Trinajstić information content (AvgIpc) is 3.30. The van der Waals surface area contributed by atoms with Gasteiger partial charge in [0.1, 0.15) is 11.4 Å². The Labute approximate surface area is 148 Å². The maximum absolute atomic E-state index is 12.9. The van der Waals surface area contributed by atoms with Gasteiger partial charge < -0.3 is 9.64 Å². The van der Waals surface area contributed by atoms with E-state index >= 15 is 0 Å². The molecule has 2 heterocycles. The topological polar surface area (TPSA) is 65.2 Å². The maximum Gasteiger partial charge on any atom is 0.333 e. The number of nitrogens with zero attached hydrogens (tertiary/aromatic N) is 5. The van der Waals surface area contributed by atoms with Crippen molar-refractivity contribution in [3.63, 3.8) is 0 Å². The summed E-state index contributed by atoms with van der Waals surface area (Å²) in [5, 5.41) is 7.75. The maximum atomic E-state index is 12.9. The molecular weight excluding hydrogens is 344 g/mol. The molecule has 0 aliphatic rings. The SMILES string of the molecule is COc1cccc(-n2cc(CN(C)C(=O)c3ccnn3C(F)F)cn2)c1. The Bertz CT molecular complexity index is 906. The Hall–Kier alpha value is -3.23. The summed E-state index contributed by atoms with van der Waals surface area (Å²) in [6.45, 7) is -2.65. The van der Waals surface area contributed by atoms with E-state index in [9.17, 15) is 13.6 Å². The number of methoxy groups -OCH3 is 1. The Morgan fingerprint density at radius 1 is 1.31 bits per heavy atom. The molecule has 1 amide bonds. The number of carbonyl (C=O) groups is 1. The van der Waals surface area contributed by atoms with Gasteiger partial charge in [0.2, 0.25) is 0 Å². The van der Waals surface area contributed by atoms with E-state index in [1.165, 1.54) is 24.2 Å². The molecule has 0 aliphatic heterocycles. The van der Waals surface area contributed by atoms with Gasteiger partial charge in [-0.05, 0) is 18.2 Å². The molecule has 0 aliphatic carbocycles. The number of ether oxygens (including phenoxy) is 1.